The first-order chi connectivity index (χ1) is 12.1. The third-order valence-electron chi connectivity index (χ3n) is 4.71. The van der Waals surface area contributed by atoms with Crippen molar-refractivity contribution in [3.63, 3.8) is 0 Å². The van der Waals surface area contributed by atoms with Gasteiger partial charge < -0.3 is 5.11 Å². The van der Waals surface area contributed by atoms with Crippen molar-refractivity contribution >= 4 is 54.9 Å². The summed E-state index contributed by atoms with van der Waals surface area (Å²) >= 11 is 1.10. The van der Waals surface area contributed by atoms with E-state index in [4.69, 9.17) is 9.90 Å². The fourth-order valence-electron chi connectivity index (χ4n) is 3.15. The molecule has 0 fully saturated rings. The van der Waals surface area contributed by atoms with Gasteiger partial charge in [-0.1, -0.05) is 51.9 Å². The Bertz CT molecular complexity index is 222. The van der Waals surface area contributed by atoms with Gasteiger partial charge in [-0.3, -0.25) is 4.79 Å². The van der Waals surface area contributed by atoms with Gasteiger partial charge in [0, 0.05) is 6.92 Å². The Hall–Kier alpha value is 1.11. The van der Waals surface area contributed by atoms with E-state index in [0.717, 1.165) is 55.9 Å². The maximum atomic E-state index is 9.00. The van der Waals surface area contributed by atoms with Crippen molar-refractivity contribution in [2.45, 2.75) is 130 Å². The van der Waals surface area contributed by atoms with Crippen molar-refractivity contribution in [3.05, 3.63) is 0 Å². The molecular formula is C22H45KO2. The molecule has 25 heavy (non-hydrogen) atoms. The fraction of sp³-hybridized carbons (Fsp3) is 0.955. The molecule has 0 aromatic carbocycles. The number of rotatable bonds is 18. The Morgan fingerprint density at radius 2 is 0.800 bits per heavy atom. The van der Waals surface area contributed by atoms with Crippen molar-refractivity contribution in [3.8, 4) is 0 Å². The van der Waals surface area contributed by atoms with Crippen LogP contribution in [0.4, 0.5) is 0 Å². The maximum absolute atomic E-state index is 9.00. The summed E-state index contributed by atoms with van der Waals surface area (Å²) < 4.78 is 1.56. The zero-order valence-electron chi connectivity index (χ0n) is 17.8. The molecule has 0 atom stereocenters. The summed E-state index contributed by atoms with van der Waals surface area (Å²) in [5.41, 5.74) is 0. The predicted octanol–water partition coefficient (Wildman–Crippen LogP) is 7.71. The van der Waals surface area contributed by atoms with Crippen molar-refractivity contribution in [1.29, 1.82) is 0 Å². The van der Waals surface area contributed by atoms with Gasteiger partial charge in [-0.25, -0.2) is 0 Å². The minimum absolute atomic E-state index is 0.833. The standard InChI is InChI=1S/C20H41.C2H4O2.K/c1-3-5-7-9-11-13-15-17-19-20-18-16-14-12-10-8-6-4-2;1-2(3)4;/h1,3-20H2,2H3;1H3,(H,3,4);. The van der Waals surface area contributed by atoms with Crippen LogP contribution in [0.5, 0.6) is 0 Å². The number of carboxylic acids is 1. The summed E-state index contributed by atoms with van der Waals surface area (Å²) in [6, 6.07) is 0. The van der Waals surface area contributed by atoms with Crippen LogP contribution >= 0.6 is 0 Å². The number of aliphatic carboxylic acids is 1. The topological polar surface area (TPSA) is 37.3 Å². The molecule has 1 N–H and O–H groups in total. The summed E-state index contributed by atoms with van der Waals surface area (Å²) in [6.45, 7) is 3.38. The van der Waals surface area contributed by atoms with E-state index in [1.807, 2.05) is 0 Å². The Labute approximate surface area is 192 Å². The van der Waals surface area contributed by atoms with Gasteiger partial charge in [0.1, 0.15) is 0 Å². The first kappa shape index (κ1) is 28.3. The van der Waals surface area contributed by atoms with E-state index in [9.17, 15) is 0 Å². The van der Waals surface area contributed by atoms with E-state index >= 15 is 0 Å². The van der Waals surface area contributed by atoms with Crippen LogP contribution in [0.25, 0.3) is 0 Å². The fourth-order valence-corrected chi connectivity index (χ4v) is 3.93. The number of unbranched alkanes of at least 4 members (excludes halogenated alkanes) is 17. The molecular weight excluding hydrogens is 335 g/mol. The van der Waals surface area contributed by atoms with Crippen LogP contribution in [0.2, 0.25) is 0.515 Å². The van der Waals surface area contributed by atoms with Gasteiger partial charge in [0.15, 0.2) is 0 Å². The summed E-state index contributed by atoms with van der Waals surface area (Å²) in [5, 5.41) is 7.42. The first-order valence-corrected chi connectivity index (χ1v) is 13.6. The number of carboxylic acid groups (broad SMARTS) is 1. The van der Waals surface area contributed by atoms with Gasteiger partial charge in [0.25, 0.3) is 5.97 Å². The monoisotopic (exact) mass is 380 g/mol. The predicted molar refractivity (Wildman–Crippen MR) is 113 cm³/mol. The Kier molecular flexibility index (Phi) is 31.0. The molecule has 3 heteroatoms. The van der Waals surface area contributed by atoms with Gasteiger partial charge in [0.05, 0.1) is 0 Å². The van der Waals surface area contributed by atoms with Crippen LogP contribution in [-0.4, -0.2) is 60.0 Å². The number of hydrogen-bond donors (Lipinski definition) is 1. The summed E-state index contributed by atoms with van der Waals surface area (Å²) in [4.78, 5) is 9.00. The van der Waals surface area contributed by atoms with E-state index < -0.39 is 5.97 Å². The number of hydrogen-bond acceptors (Lipinski definition) is 1. The molecule has 0 bridgehead atoms. The van der Waals surface area contributed by atoms with Crippen molar-refractivity contribution in [1.82, 2.24) is 0 Å². The van der Waals surface area contributed by atoms with Crippen molar-refractivity contribution < 1.29 is 9.90 Å². The molecule has 2 nitrogen and oxygen atoms in total. The molecule has 0 saturated carbocycles. The average molecular weight is 381 g/mol. The molecule has 0 heterocycles. The van der Waals surface area contributed by atoms with E-state index in [2.05, 4.69) is 6.92 Å². The quantitative estimate of drug-likeness (QED) is 0.195. The molecule has 0 unspecified atom stereocenters. The third-order valence-corrected chi connectivity index (χ3v) is 5.81. The van der Waals surface area contributed by atoms with Crippen LogP contribution in [0, 0.1) is 0 Å². The second kappa shape index (κ2) is 27.3. The SMILES string of the molecule is CC(=O)O.CCCCCCCCCCCCCCCCCCC[CH2][K]. The van der Waals surface area contributed by atoms with Crippen LogP contribution in [0.3, 0.4) is 0 Å². The Morgan fingerprint density at radius 3 is 1.00 bits per heavy atom. The van der Waals surface area contributed by atoms with E-state index in [-0.39, 0.29) is 0 Å². The molecule has 0 aromatic rings. The number of carbonyl (C=O) groups is 1. The van der Waals surface area contributed by atoms with Gasteiger partial charge in [-0.2, -0.15) is 0 Å². The van der Waals surface area contributed by atoms with Gasteiger partial charge in [-0.15, -0.1) is 0 Å². The molecule has 0 aromatic heterocycles. The van der Waals surface area contributed by atoms with Gasteiger partial charge in [-0.05, 0) is 0 Å². The van der Waals surface area contributed by atoms with Crippen molar-refractivity contribution in [2.75, 3.05) is 0 Å². The average Bonchev–Trinajstić information content (AvgIpc) is 2.57. The van der Waals surface area contributed by atoms with Crippen LogP contribution < -0.4 is 0 Å². The minimum atomic E-state index is -0.833. The van der Waals surface area contributed by atoms with Crippen molar-refractivity contribution in [2.24, 2.45) is 0 Å². The first-order valence-electron chi connectivity index (χ1n) is 11.3. The molecule has 0 rings (SSSR count). The molecule has 0 spiro atoms. The second-order valence-corrected chi connectivity index (χ2v) is 9.09. The zero-order chi connectivity index (χ0) is 19.0. The molecule has 0 radical (unpaired) electrons. The van der Waals surface area contributed by atoms with E-state index in [0.29, 0.717) is 0 Å². The molecule has 0 amide bonds. The van der Waals surface area contributed by atoms with E-state index in [1.54, 1.807) is 0.515 Å². The zero-order valence-corrected chi connectivity index (χ0v) is 20.9. The second-order valence-electron chi connectivity index (χ2n) is 7.53. The summed E-state index contributed by atoms with van der Waals surface area (Å²) in [7, 11) is 0. The van der Waals surface area contributed by atoms with Gasteiger partial charge >= 0.3 is 120 Å². The summed E-state index contributed by atoms with van der Waals surface area (Å²) in [6.07, 6.45) is 26.8. The summed E-state index contributed by atoms with van der Waals surface area (Å²) in [5.74, 6) is -0.833. The Morgan fingerprint density at radius 1 is 0.600 bits per heavy atom. The van der Waals surface area contributed by atoms with E-state index in [1.165, 1.54) is 116 Å². The molecule has 0 aliphatic rings. The van der Waals surface area contributed by atoms with Gasteiger partial charge in [0.2, 0.25) is 0 Å². The Balaban J connectivity index is 0. The molecule has 0 aliphatic carbocycles. The molecule has 0 saturated heterocycles. The van der Waals surface area contributed by atoms with Crippen LogP contribution in [-0.2, 0) is 4.79 Å². The van der Waals surface area contributed by atoms with Crippen LogP contribution in [0.1, 0.15) is 129 Å². The third kappa shape index (κ3) is 36.7. The van der Waals surface area contributed by atoms with Crippen LogP contribution in [0.15, 0.2) is 0 Å². The molecule has 0 aliphatic heterocycles. The molecule has 146 valence electrons. The normalized spacial score (nSPS) is 10.4.